The van der Waals surface area contributed by atoms with Crippen LogP contribution in [0.4, 0.5) is 0 Å². The number of allylic oxidation sites excluding steroid dienone is 2. The molecule has 7 heteroatoms. The van der Waals surface area contributed by atoms with Crippen molar-refractivity contribution in [3.05, 3.63) is 56.2 Å². The third-order valence-corrected chi connectivity index (χ3v) is 6.53. The average molecular weight is 412 g/mol. The van der Waals surface area contributed by atoms with E-state index in [9.17, 15) is 14.4 Å². The molecule has 0 spiro atoms. The number of nitrogens with zero attached hydrogens (tertiary/aromatic N) is 2. The van der Waals surface area contributed by atoms with Crippen LogP contribution < -0.4 is 16.1 Å². The van der Waals surface area contributed by atoms with Gasteiger partial charge in [-0.1, -0.05) is 11.6 Å². The van der Waals surface area contributed by atoms with Gasteiger partial charge in [-0.3, -0.25) is 14.2 Å². The topological polar surface area (TPSA) is 79.6 Å². The highest BCUT2D eigenvalue weighted by Crippen LogP contribution is 2.20. The number of nitrogens with one attached hydrogen (secondary N) is 2. The number of likely N-dealkylation sites (N-methyl/N-ethyl adjacent to an activating group) is 1. The first kappa shape index (κ1) is 20.6. The van der Waals surface area contributed by atoms with Crippen molar-refractivity contribution in [3.63, 3.8) is 0 Å². The molecule has 2 N–H and O–H groups in total. The predicted octanol–water partition coefficient (Wildman–Crippen LogP) is 0.941. The van der Waals surface area contributed by atoms with Crippen molar-refractivity contribution in [2.45, 2.75) is 45.6 Å². The van der Waals surface area contributed by atoms with E-state index >= 15 is 0 Å². The highest BCUT2D eigenvalue weighted by Gasteiger charge is 2.24. The summed E-state index contributed by atoms with van der Waals surface area (Å²) in [5.74, 6) is -0.0404. The van der Waals surface area contributed by atoms with E-state index in [1.807, 2.05) is 4.90 Å². The normalized spacial score (nSPS) is 17.9. The summed E-state index contributed by atoms with van der Waals surface area (Å²) >= 11 is 0. The predicted molar refractivity (Wildman–Crippen MR) is 117 cm³/mol. The van der Waals surface area contributed by atoms with E-state index in [2.05, 4.69) is 18.0 Å². The Morgan fingerprint density at radius 3 is 2.67 bits per heavy atom. The zero-order valence-corrected chi connectivity index (χ0v) is 17.7. The van der Waals surface area contributed by atoms with Crippen molar-refractivity contribution in [1.82, 2.24) is 14.5 Å². The fraction of sp³-hybridized carbons (Fsp3) is 0.522. The number of fused-ring (bicyclic) bond motifs is 1. The molecule has 1 saturated heterocycles. The van der Waals surface area contributed by atoms with E-state index in [-0.39, 0.29) is 11.5 Å². The minimum Gasteiger partial charge on any atom is -0.332 e. The fourth-order valence-corrected chi connectivity index (χ4v) is 4.54. The number of carbonyl (C=O) groups is 1. The number of rotatable bonds is 5. The van der Waals surface area contributed by atoms with Gasteiger partial charge >= 0.3 is 5.69 Å². The molecule has 0 radical (unpaired) electrons. The molecule has 2 aromatic rings. The maximum absolute atomic E-state index is 12.9. The molecule has 1 aliphatic carbocycles. The third kappa shape index (κ3) is 4.26. The first-order valence-electron chi connectivity index (χ1n) is 11.1. The first-order chi connectivity index (χ1) is 14.6. The van der Waals surface area contributed by atoms with Crippen LogP contribution >= 0.6 is 0 Å². The third-order valence-electron chi connectivity index (χ3n) is 6.53. The number of aromatic amines is 1. The van der Waals surface area contributed by atoms with E-state index in [4.69, 9.17) is 0 Å². The monoisotopic (exact) mass is 411 g/mol. The number of aromatic nitrogens is 2. The van der Waals surface area contributed by atoms with Crippen LogP contribution in [0.15, 0.2) is 39.4 Å². The summed E-state index contributed by atoms with van der Waals surface area (Å²) < 4.78 is 1.28. The lowest BCUT2D eigenvalue weighted by Crippen LogP contribution is -3.14. The van der Waals surface area contributed by atoms with E-state index in [1.165, 1.54) is 27.9 Å². The molecule has 1 aliphatic heterocycles. The van der Waals surface area contributed by atoms with Gasteiger partial charge in [0.1, 0.15) is 0 Å². The minimum absolute atomic E-state index is 0.0404. The molecule has 2 aliphatic rings. The lowest BCUT2D eigenvalue weighted by atomic mass is 9.97. The molecular weight excluding hydrogens is 380 g/mol. The highest BCUT2D eigenvalue weighted by atomic mass is 16.2. The smallest absolute Gasteiger partial charge is 0.328 e. The molecule has 1 aromatic carbocycles. The Hall–Kier alpha value is -2.67. The molecular formula is C23H31N4O3+. The summed E-state index contributed by atoms with van der Waals surface area (Å²) in [6.45, 7) is 6.98. The van der Waals surface area contributed by atoms with E-state index in [1.54, 1.807) is 18.2 Å². The van der Waals surface area contributed by atoms with Crippen LogP contribution in [0.5, 0.6) is 0 Å². The second-order valence-corrected chi connectivity index (χ2v) is 8.40. The number of piperazine rings is 1. The molecule has 1 amide bonds. The Balaban J connectivity index is 1.55. The molecule has 0 atom stereocenters. The van der Waals surface area contributed by atoms with Crippen LogP contribution in [0, 0.1) is 0 Å². The number of H-pyrrole nitrogens is 1. The lowest BCUT2D eigenvalue weighted by Gasteiger charge is -2.31. The molecule has 0 unspecified atom stereocenters. The van der Waals surface area contributed by atoms with Gasteiger partial charge < -0.3 is 14.8 Å². The maximum atomic E-state index is 12.9. The summed E-state index contributed by atoms with van der Waals surface area (Å²) in [6, 6.07) is 5.02. The summed E-state index contributed by atoms with van der Waals surface area (Å²) in [5, 5.41) is 0.448. The number of amides is 1. The zero-order chi connectivity index (χ0) is 21.1. The van der Waals surface area contributed by atoms with Gasteiger partial charge in [0, 0.05) is 12.1 Å². The van der Waals surface area contributed by atoms with Crippen molar-refractivity contribution in [1.29, 1.82) is 0 Å². The Labute approximate surface area is 176 Å². The molecule has 160 valence electrons. The van der Waals surface area contributed by atoms with Crippen molar-refractivity contribution < 1.29 is 9.69 Å². The van der Waals surface area contributed by atoms with Gasteiger partial charge in [0.05, 0.1) is 43.6 Å². The number of carbonyl (C=O) groups excluding carboxylic acids is 1. The lowest BCUT2D eigenvalue weighted by molar-refractivity contribution is -0.902. The molecule has 0 bridgehead atoms. The zero-order valence-electron chi connectivity index (χ0n) is 17.7. The average Bonchev–Trinajstić information content (AvgIpc) is 2.79. The molecule has 2 heterocycles. The SMILES string of the molecule is CC[NH+]1CCN(C(=O)c2ccc3c(=O)n(CCC4=CCCCC4)c(=O)[nH]c3c2)CC1. The van der Waals surface area contributed by atoms with Crippen molar-refractivity contribution in [2.75, 3.05) is 32.7 Å². The largest absolute Gasteiger partial charge is 0.332 e. The molecule has 4 rings (SSSR count). The van der Waals surface area contributed by atoms with Gasteiger partial charge in [0.15, 0.2) is 0 Å². The molecule has 0 saturated carbocycles. The van der Waals surface area contributed by atoms with E-state index < -0.39 is 5.69 Å². The summed E-state index contributed by atoms with van der Waals surface area (Å²) in [7, 11) is 0. The van der Waals surface area contributed by atoms with Crippen molar-refractivity contribution in [2.24, 2.45) is 0 Å². The summed E-state index contributed by atoms with van der Waals surface area (Å²) in [4.78, 5) is 44.5. The van der Waals surface area contributed by atoms with Gasteiger partial charge in [-0.2, -0.15) is 0 Å². The Morgan fingerprint density at radius 2 is 1.97 bits per heavy atom. The van der Waals surface area contributed by atoms with E-state index in [0.29, 0.717) is 23.0 Å². The second-order valence-electron chi connectivity index (χ2n) is 8.40. The summed E-state index contributed by atoms with van der Waals surface area (Å²) in [6.07, 6.45) is 7.51. The molecule has 1 fully saturated rings. The van der Waals surface area contributed by atoms with Crippen LogP contribution in [0.2, 0.25) is 0 Å². The molecule has 7 nitrogen and oxygen atoms in total. The van der Waals surface area contributed by atoms with Crippen LogP contribution in [0.3, 0.4) is 0 Å². The van der Waals surface area contributed by atoms with Gasteiger partial charge in [-0.15, -0.1) is 0 Å². The van der Waals surface area contributed by atoms with Crippen LogP contribution in [-0.4, -0.2) is 53.1 Å². The standard InChI is InChI=1S/C23H30N4O3/c1-2-25-12-14-26(15-13-25)21(28)18-8-9-19-20(16-18)24-23(30)27(22(19)29)11-10-17-6-4-3-5-7-17/h6,8-9,16H,2-5,7,10-15H2,1H3,(H,24,30)/p+1. The minimum atomic E-state index is -0.409. The Morgan fingerprint density at radius 1 is 1.17 bits per heavy atom. The van der Waals surface area contributed by atoms with Crippen LogP contribution in [0.25, 0.3) is 10.9 Å². The number of hydrogen-bond donors (Lipinski definition) is 2. The van der Waals surface area contributed by atoms with Gasteiger partial charge in [0.25, 0.3) is 11.5 Å². The van der Waals surface area contributed by atoms with Crippen molar-refractivity contribution >= 4 is 16.8 Å². The fourth-order valence-electron chi connectivity index (χ4n) is 4.54. The first-order valence-corrected chi connectivity index (χ1v) is 11.1. The maximum Gasteiger partial charge on any atom is 0.328 e. The van der Waals surface area contributed by atoms with Gasteiger partial charge in [0.2, 0.25) is 0 Å². The van der Waals surface area contributed by atoms with Gasteiger partial charge in [-0.25, -0.2) is 4.79 Å². The highest BCUT2D eigenvalue weighted by molar-refractivity contribution is 5.97. The molecule has 1 aromatic heterocycles. The number of benzene rings is 1. The van der Waals surface area contributed by atoms with Crippen LogP contribution in [-0.2, 0) is 6.54 Å². The molecule has 30 heavy (non-hydrogen) atoms. The summed E-state index contributed by atoms with van der Waals surface area (Å²) in [5.41, 5.74) is 1.58. The Kier molecular flexibility index (Phi) is 6.18. The van der Waals surface area contributed by atoms with Crippen molar-refractivity contribution in [3.8, 4) is 0 Å². The Bertz CT molecular complexity index is 1070. The second kappa shape index (κ2) is 9.00. The number of quaternary nitrogens is 1. The number of hydrogen-bond acceptors (Lipinski definition) is 3. The van der Waals surface area contributed by atoms with E-state index in [0.717, 1.165) is 52.0 Å². The van der Waals surface area contributed by atoms with Crippen LogP contribution in [0.1, 0.15) is 49.4 Å². The van der Waals surface area contributed by atoms with Gasteiger partial charge in [-0.05, 0) is 57.2 Å². The quantitative estimate of drug-likeness (QED) is 0.719.